The summed E-state index contributed by atoms with van der Waals surface area (Å²) in [5.74, 6) is 0. The van der Waals surface area contributed by atoms with E-state index in [1.54, 1.807) is 0 Å². The molecule has 0 aliphatic rings. The molecule has 0 saturated carbocycles. The van der Waals surface area contributed by atoms with E-state index in [9.17, 15) is 0 Å². The molecule has 0 fully saturated rings. The fourth-order valence-electron chi connectivity index (χ4n) is 1.13. The Hall–Kier alpha value is 0.843. The van der Waals surface area contributed by atoms with E-state index >= 15 is 0 Å². The number of rotatable bonds is 8. The van der Waals surface area contributed by atoms with E-state index in [-0.39, 0.29) is 19.5 Å². The van der Waals surface area contributed by atoms with Gasteiger partial charge in [0, 0.05) is 13.1 Å². The number of hydrogen-bond acceptors (Lipinski definition) is 4. The van der Waals surface area contributed by atoms with Crippen molar-refractivity contribution in [1.29, 1.82) is 0 Å². The molecule has 7 heteroatoms. The second-order valence-electron chi connectivity index (χ2n) is 3.84. The first-order valence-corrected chi connectivity index (χ1v) is 8.07. The summed E-state index contributed by atoms with van der Waals surface area (Å²) in [4.78, 5) is 0. The second kappa shape index (κ2) is 21.1. The average molecular weight is 390 g/mol. The Labute approximate surface area is 153 Å². The third-order valence-electron chi connectivity index (χ3n) is 2.10. The van der Waals surface area contributed by atoms with Crippen LogP contribution in [0.5, 0.6) is 0 Å². The molecule has 0 aromatic rings. The van der Waals surface area contributed by atoms with E-state index in [4.69, 9.17) is 0 Å². The number of thiocarbonyl (C=S) groups is 2. The molecule has 0 aromatic carbocycles. The minimum Gasteiger partial charge on any atom is -0.412 e. The van der Waals surface area contributed by atoms with Crippen LogP contribution in [0.4, 0.5) is 0 Å². The van der Waals surface area contributed by atoms with Crippen LogP contribution in [0.1, 0.15) is 52.4 Å². The molecule has 0 atom stereocenters. The van der Waals surface area contributed by atoms with E-state index in [1.165, 1.54) is 38.5 Å². The summed E-state index contributed by atoms with van der Waals surface area (Å²) >= 11 is 18.6. The molecule has 0 aromatic heterocycles. The summed E-state index contributed by atoms with van der Waals surface area (Å²) in [6.45, 7) is 6.23. The van der Waals surface area contributed by atoms with Crippen LogP contribution < -0.4 is 10.6 Å². The van der Waals surface area contributed by atoms with Gasteiger partial charge in [0.2, 0.25) is 0 Å². The van der Waals surface area contributed by atoms with Gasteiger partial charge in [0.1, 0.15) is 0 Å². The van der Waals surface area contributed by atoms with Crippen LogP contribution in [0.25, 0.3) is 0 Å². The van der Waals surface area contributed by atoms with E-state index < -0.39 is 0 Å². The van der Waals surface area contributed by atoms with E-state index in [2.05, 4.69) is 74.2 Å². The van der Waals surface area contributed by atoms with Gasteiger partial charge in [-0.15, -0.1) is 0 Å². The van der Waals surface area contributed by atoms with Gasteiger partial charge < -0.3 is 60.3 Å². The van der Waals surface area contributed by atoms with E-state index in [1.807, 2.05) is 0 Å². The van der Waals surface area contributed by atoms with Crippen molar-refractivity contribution in [2.75, 3.05) is 13.1 Å². The van der Waals surface area contributed by atoms with Crippen LogP contribution in [0.2, 0.25) is 0 Å². The summed E-state index contributed by atoms with van der Waals surface area (Å²) < 4.78 is 0.984. The topological polar surface area (TPSA) is 24.1 Å². The Kier molecular flexibility index (Phi) is 27.6. The second-order valence-corrected chi connectivity index (χ2v) is 5.99. The fourth-order valence-corrected chi connectivity index (χ4v) is 1.54. The molecular weight excluding hydrogens is 366 g/mol. The average Bonchev–Trinajstić information content (AvgIpc) is 2.31. The van der Waals surface area contributed by atoms with Crippen molar-refractivity contribution in [3.05, 3.63) is 0 Å². The molecule has 0 aliphatic heterocycles. The molecule has 0 amide bonds. The van der Waals surface area contributed by atoms with Crippen molar-refractivity contribution in [1.82, 2.24) is 10.6 Å². The van der Waals surface area contributed by atoms with E-state index in [0.717, 1.165) is 13.1 Å². The minimum atomic E-state index is 0. The van der Waals surface area contributed by atoms with Crippen LogP contribution in [0.15, 0.2) is 0 Å². The van der Waals surface area contributed by atoms with Crippen LogP contribution >= 0.6 is 24.4 Å². The van der Waals surface area contributed by atoms with E-state index in [0.29, 0.717) is 8.64 Å². The first-order chi connectivity index (χ1) is 8.54. The Morgan fingerprint density at radius 2 is 1.11 bits per heavy atom. The number of hydrogen-bond donors (Lipinski definition) is 2. The zero-order chi connectivity index (χ0) is 14.2. The van der Waals surface area contributed by atoms with Crippen LogP contribution in [0.3, 0.4) is 0 Å². The monoisotopic (exact) mass is 388 g/mol. The van der Waals surface area contributed by atoms with Gasteiger partial charge >= 0.3 is 19.5 Å². The first kappa shape index (κ1) is 24.8. The largest absolute Gasteiger partial charge is 2.00 e. The molecule has 0 radical (unpaired) electrons. The van der Waals surface area contributed by atoms with Crippen LogP contribution in [-0.4, -0.2) is 21.7 Å². The van der Waals surface area contributed by atoms with Gasteiger partial charge in [-0.05, 0) is 12.8 Å². The summed E-state index contributed by atoms with van der Waals surface area (Å²) in [6.07, 6.45) is 7.34. The maximum absolute atomic E-state index is 4.65. The molecule has 2 N–H and O–H groups in total. The van der Waals surface area contributed by atoms with Crippen molar-refractivity contribution in [2.45, 2.75) is 52.4 Å². The third-order valence-corrected chi connectivity index (χ3v) is 2.68. The summed E-state index contributed by atoms with van der Waals surface area (Å²) in [7, 11) is 0. The number of unbranched alkanes of at least 4 members (excludes halogenated alkanes) is 4. The van der Waals surface area contributed by atoms with Crippen molar-refractivity contribution < 1.29 is 19.5 Å². The normalized spacial score (nSPS) is 8.53. The van der Waals surface area contributed by atoms with Gasteiger partial charge in [0.15, 0.2) is 0 Å². The Morgan fingerprint density at radius 1 is 0.789 bits per heavy atom. The molecule has 19 heavy (non-hydrogen) atoms. The molecule has 0 aliphatic carbocycles. The smallest absolute Gasteiger partial charge is 0.412 e. The zero-order valence-corrected chi connectivity index (χ0v) is 18.2. The first-order valence-electron chi connectivity index (χ1n) is 6.44. The van der Waals surface area contributed by atoms with Crippen molar-refractivity contribution in [2.24, 2.45) is 0 Å². The molecule has 0 bridgehead atoms. The standard InChI is InChI=1S/2C6H13NS2.Zn/c2*1-2-3-4-5-7-6(8)9;/h2*2-5H2,1H3,(H2,7,8,9);/q;;+2/p-2. The molecule has 0 rings (SSSR count). The zero-order valence-electron chi connectivity index (χ0n) is 12.0. The Morgan fingerprint density at radius 3 is 1.32 bits per heavy atom. The van der Waals surface area contributed by atoms with Crippen molar-refractivity contribution in [3.8, 4) is 0 Å². The molecule has 0 heterocycles. The predicted molar refractivity (Wildman–Crippen MR) is 95.0 cm³/mol. The maximum Gasteiger partial charge on any atom is 2.00 e. The van der Waals surface area contributed by atoms with Crippen LogP contribution in [-0.2, 0) is 44.7 Å². The molecule has 2 nitrogen and oxygen atoms in total. The van der Waals surface area contributed by atoms with Crippen molar-refractivity contribution >= 4 is 58.3 Å². The van der Waals surface area contributed by atoms with Gasteiger partial charge in [-0.2, -0.15) is 0 Å². The third kappa shape index (κ3) is 32.4. The van der Waals surface area contributed by atoms with Crippen molar-refractivity contribution in [3.63, 3.8) is 0 Å². The molecule has 0 spiro atoms. The Bertz CT molecular complexity index is 194. The minimum absolute atomic E-state index is 0. The van der Waals surface area contributed by atoms with Gasteiger partial charge in [0.25, 0.3) is 0 Å². The molecule has 108 valence electrons. The summed E-state index contributed by atoms with van der Waals surface area (Å²) in [6, 6.07) is 0. The summed E-state index contributed by atoms with van der Waals surface area (Å²) in [5.41, 5.74) is 0. The van der Waals surface area contributed by atoms with Gasteiger partial charge in [-0.25, -0.2) is 0 Å². The predicted octanol–water partition coefficient (Wildman–Crippen LogP) is 3.19. The molecule has 0 unspecified atom stereocenters. The van der Waals surface area contributed by atoms with Crippen LogP contribution in [0, 0.1) is 0 Å². The quantitative estimate of drug-likeness (QED) is 0.286. The SMILES string of the molecule is CCCCCNC(=S)[S-].CCCCCNC(=S)[S-].[Zn+2]. The van der Waals surface area contributed by atoms with Gasteiger partial charge in [0.05, 0.1) is 0 Å². The summed E-state index contributed by atoms with van der Waals surface area (Å²) in [5, 5.41) is 5.85. The Balaban J connectivity index is -0.000000256. The number of nitrogens with one attached hydrogen (secondary N) is 2. The molecular formula is C12H24N2S4Zn. The van der Waals surface area contributed by atoms with Gasteiger partial charge in [-0.3, -0.25) is 0 Å². The van der Waals surface area contributed by atoms with Gasteiger partial charge in [-0.1, -0.05) is 48.2 Å². The molecule has 0 saturated heterocycles. The fraction of sp³-hybridized carbons (Fsp3) is 0.833. The maximum atomic E-state index is 4.65.